The van der Waals surface area contributed by atoms with E-state index in [0.29, 0.717) is 18.9 Å². The minimum absolute atomic E-state index is 0.199. The van der Waals surface area contributed by atoms with Crippen molar-refractivity contribution in [2.75, 3.05) is 26.7 Å². The maximum atomic E-state index is 12.3. The van der Waals surface area contributed by atoms with E-state index in [1.54, 1.807) is 7.11 Å². The Labute approximate surface area is 197 Å². The van der Waals surface area contributed by atoms with E-state index in [1.165, 1.54) is 0 Å². The largest absolute Gasteiger partial charge is 0.496 e. The van der Waals surface area contributed by atoms with Crippen molar-refractivity contribution in [3.8, 4) is 5.75 Å². The van der Waals surface area contributed by atoms with E-state index < -0.39 is 5.60 Å². The highest BCUT2D eigenvalue weighted by atomic mass is 16.6. The summed E-state index contributed by atoms with van der Waals surface area (Å²) in [5.41, 5.74) is 8.64. The lowest BCUT2D eigenvalue weighted by molar-refractivity contribution is 0.0181. The van der Waals surface area contributed by atoms with Crippen molar-refractivity contribution in [2.45, 2.75) is 64.9 Å². The maximum absolute atomic E-state index is 12.3. The fourth-order valence-electron chi connectivity index (χ4n) is 4.22. The third-order valence-electron chi connectivity index (χ3n) is 5.96. The molecule has 7 heteroatoms. The smallest absolute Gasteiger partial charge is 0.410 e. The molecule has 1 saturated heterocycles. The van der Waals surface area contributed by atoms with Gasteiger partial charge in [-0.05, 0) is 88.6 Å². The number of piperidine rings is 1. The number of nitrogens with two attached hydrogens (primary N) is 1. The van der Waals surface area contributed by atoms with Crippen LogP contribution in [-0.2, 0) is 24.0 Å². The summed E-state index contributed by atoms with van der Waals surface area (Å²) >= 11 is 0. The van der Waals surface area contributed by atoms with Crippen LogP contribution in [0.4, 0.5) is 4.79 Å². The van der Waals surface area contributed by atoms with Crippen molar-refractivity contribution in [1.82, 2.24) is 14.9 Å². The number of hydrogen-bond acceptors (Lipinski definition) is 6. The molecule has 0 atom stereocenters. The molecule has 0 radical (unpaired) electrons. The molecule has 1 fully saturated rings. The highest BCUT2D eigenvalue weighted by Gasteiger charge is 2.26. The standard InChI is InChI=1S/C26H38N4O3/c1-26(2,3)33-25(31)30-15-11-19(12-16-30)5-7-22-10-14-28-24(29-22)18-20-6-8-23(32-4)21(17-20)9-13-27/h6,8,10,14,17,19H,5,7,9,11-13,15-16,18,27H2,1-4H3. The van der Waals surface area contributed by atoms with Gasteiger partial charge in [0, 0.05) is 31.4 Å². The van der Waals surface area contributed by atoms with Crippen molar-refractivity contribution >= 4 is 6.09 Å². The molecule has 0 spiro atoms. The highest BCUT2D eigenvalue weighted by molar-refractivity contribution is 5.68. The molecule has 2 heterocycles. The van der Waals surface area contributed by atoms with Gasteiger partial charge in [-0.25, -0.2) is 14.8 Å². The number of carbonyl (C=O) groups excluding carboxylic acids is 1. The van der Waals surface area contributed by atoms with E-state index in [0.717, 1.165) is 73.6 Å². The molecule has 33 heavy (non-hydrogen) atoms. The van der Waals surface area contributed by atoms with Gasteiger partial charge in [-0.2, -0.15) is 0 Å². The summed E-state index contributed by atoms with van der Waals surface area (Å²) in [5, 5.41) is 0. The summed E-state index contributed by atoms with van der Waals surface area (Å²) in [5.74, 6) is 2.30. The van der Waals surface area contributed by atoms with Gasteiger partial charge in [0.05, 0.1) is 7.11 Å². The number of nitrogens with zero attached hydrogens (tertiary/aromatic N) is 3. The SMILES string of the molecule is COc1ccc(Cc2nccc(CCC3CCN(C(=O)OC(C)(C)C)CC3)n2)cc1CCN. The lowest BCUT2D eigenvalue weighted by atomic mass is 9.91. The summed E-state index contributed by atoms with van der Waals surface area (Å²) in [6.45, 7) is 7.82. The third-order valence-corrected chi connectivity index (χ3v) is 5.96. The predicted molar refractivity (Wildman–Crippen MR) is 129 cm³/mol. The molecule has 1 aromatic carbocycles. The number of carbonyl (C=O) groups is 1. The minimum Gasteiger partial charge on any atom is -0.496 e. The van der Waals surface area contributed by atoms with Crippen LogP contribution in [0.2, 0.25) is 0 Å². The fourth-order valence-corrected chi connectivity index (χ4v) is 4.22. The van der Waals surface area contributed by atoms with Gasteiger partial charge in [0.1, 0.15) is 17.2 Å². The predicted octanol–water partition coefficient (Wildman–Crippen LogP) is 4.16. The zero-order chi connectivity index (χ0) is 23.8. The molecule has 1 aliphatic rings. The first-order valence-corrected chi connectivity index (χ1v) is 11.9. The average Bonchev–Trinajstić information content (AvgIpc) is 2.78. The number of aromatic nitrogens is 2. The normalized spacial score (nSPS) is 14.9. The van der Waals surface area contributed by atoms with Gasteiger partial charge in [0.25, 0.3) is 0 Å². The Morgan fingerprint density at radius 3 is 2.61 bits per heavy atom. The number of rotatable bonds is 8. The molecule has 1 aromatic heterocycles. The second-order valence-electron chi connectivity index (χ2n) is 9.78. The average molecular weight is 455 g/mol. The number of hydrogen-bond donors (Lipinski definition) is 1. The second kappa shape index (κ2) is 11.5. The molecule has 180 valence electrons. The van der Waals surface area contributed by atoms with Crippen LogP contribution >= 0.6 is 0 Å². The molecule has 2 aromatic rings. The molecule has 0 bridgehead atoms. The van der Waals surface area contributed by atoms with Crippen molar-refractivity contribution < 1.29 is 14.3 Å². The van der Waals surface area contributed by atoms with Gasteiger partial charge in [-0.3, -0.25) is 0 Å². The number of methoxy groups -OCH3 is 1. The molecule has 1 aliphatic heterocycles. The van der Waals surface area contributed by atoms with Crippen molar-refractivity contribution in [3.05, 3.63) is 53.1 Å². The Morgan fingerprint density at radius 1 is 1.18 bits per heavy atom. The molecule has 2 N–H and O–H groups in total. The van der Waals surface area contributed by atoms with Crippen LogP contribution in [-0.4, -0.2) is 53.3 Å². The van der Waals surface area contributed by atoms with Gasteiger partial charge in [0.15, 0.2) is 0 Å². The zero-order valence-corrected chi connectivity index (χ0v) is 20.5. The summed E-state index contributed by atoms with van der Waals surface area (Å²) in [6.07, 6.45) is 7.13. The zero-order valence-electron chi connectivity index (χ0n) is 20.5. The number of aryl methyl sites for hydroxylation is 1. The van der Waals surface area contributed by atoms with Crippen molar-refractivity contribution in [2.24, 2.45) is 11.7 Å². The van der Waals surface area contributed by atoms with Crippen LogP contribution in [0.25, 0.3) is 0 Å². The second-order valence-corrected chi connectivity index (χ2v) is 9.78. The van der Waals surface area contributed by atoms with Crippen molar-refractivity contribution in [3.63, 3.8) is 0 Å². The van der Waals surface area contributed by atoms with Gasteiger partial charge in [-0.1, -0.05) is 12.1 Å². The van der Waals surface area contributed by atoms with E-state index in [9.17, 15) is 4.79 Å². The Balaban J connectivity index is 1.51. The summed E-state index contributed by atoms with van der Waals surface area (Å²) in [6, 6.07) is 8.20. The molecule has 1 amide bonds. The molecule has 3 rings (SSSR count). The van der Waals surface area contributed by atoms with E-state index in [2.05, 4.69) is 17.1 Å². The summed E-state index contributed by atoms with van der Waals surface area (Å²) in [4.78, 5) is 23.4. The van der Waals surface area contributed by atoms with Gasteiger partial charge in [-0.15, -0.1) is 0 Å². The summed E-state index contributed by atoms with van der Waals surface area (Å²) < 4.78 is 10.9. The highest BCUT2D eigenvalue weighted by Crippen LogP contribution is 2.24. The molecule has 7 nitrogen and oxygen atoms in total. The van der Waals surface area contributed by atoms with Gasteiger partial charge in [0.2, 0.25) is 0 Å². The molecule has 0 unspecified atom stereocenters. The topological polar surface area (TPSA) is 90.6 Å². The fraction of sp³-hybridized carbons (Fsp3) is 0.577. The Kier molecular flexibility index (Phi) is 8.67. The van der Waals surface area contributed by atoms with Crippen LogP contribution in [0, 0.1) is 5.92 Å². The quantitative estimate of drug-likeness (QED) is 0.644. The van der Waals surface area contributed by atoms with Gasteiger partial charge < -0.3 is 20.1 Å². The van der Waals surface area contributed by atoms with Crippen LogP contribution in [0.15, 0.2) is 30.5 Å². The van der Waals surface area contributed by atoms with E-state index in [4.69, 9.17) is 20.2 Å². The van der Waals surface area contributed by atoms with Crippen LogP contribution < -0.4 is 10.5 Å². The van der Waals surface area contributed by atoms with E-state index >= 15 is 0 Å². The Morgan fingerprint density at radius 2 is 1.94 bits per heavy atom. The molecule has 0 saturated carbocycles. The minimum atomic E-state index is -0.448. The van der Waals surface area contributed by atoms with Crippen LogP contribution in [0.5, 0.6) is 5.75 Å². The van der Waals surface area contributed by atoms with Crippen LogP contribution in [0.3, 0.4) is 0 Å². The first-order valence-electron chi connectivity index (χ1n) is 11.9. The maximum Gasteiger partial charge on any atom is 0.410 e. The monoisotopic (exact) mass is 454 g/mol. The van der Waals surface area contributed by atoms with Gasteiger partial charge >= 0.3 is 6.09 Å². The molecular weight excluding hydrogens is 416 g/mol. The van der Waals surface area contributed by atoms with E-state index in [1.807, 2.05) is 44.0 Å². The molecular formula is C26H38N4O3. The van der Waals surface area contributed by atoms with Crippen LogP contribution in [0.1, 0.15) is 62.7 Å². The number of benzene rings is 1. The number of ether oxygens (including phenoxy) is 2. The lowest BCUT2D eigenvalue weighted by Crippen LogP contribution is -2.41. The first kappa shape index (κ1) is 25.0. The number of amides is 1. The lowest BCUT2D eigenvalue weighted by Gasteiger charge is -2.33. The third kappa shape index (κ3) is 7.70. The Bertz CT molecular complexity index is 918. The Hall–Kier alpha value is -2.67. The number of likely N-dealkylation sites (tertiary alicyclic amines) is 1. The summed E-state index contributed by atoms with van der Waals surface area (Å²) in [7, 11) is 1.68. The first-order chi connectivity index (χ1) is 15.8. The van der Waals surface area contributed by atoms with Crippen molar-refractivity contribution in [1.29, 1.82) is 0 Å². The van der Waals surface area contributed by atoms with E-state index in [-0.39, 0.29) is 6.09 Å². The molecule has 0 aliphatic carbocycles.